The number of rotatable bonds is 7. The van der Waals surface area contributed by atoms with E-state index in [1.807, 2.05) is 23.9 Å². The Morgan fingerprint density at radius 1 is 1.41 bits per heavy atom. The van der Waals surface area contributed by atoms with Gasteiger partial charge in [-0.3, -0.25) is 0 Å². The van der Waals surface area contributed by atoms with E-state index in [2.05, 4.69) is 25.2 Å². The highest BCUT2D eigenvalue weighted by Gasteiger charge is 2.06. The second-order valence-electron chi connectivity index (χ2n) is 4.09. The summed E-state index contributed by atoms with van der Waals surface area (Å²) >= 11 is 7.88. The zero-order chi connectivity index (χ0) is 12.7. The Balaban J connectivity index is 2.62. The van der Waals surface area contributed by atoms with Crippen LogP contribution in [0.1, 0.15) is 19.4 Å². The van der Waals surface area contributed by atoms with Gasteiger partial charge in [0.25, 0.3) is 0 Å². The molecule has 0 atom stereocenters. The van der Waals surface area contributed by atoms with Gasteiger partial charge in [0.2, 0.25) is 0 Å². The number of nitrogens with one attached hydrogen (secondary N) is 1. The molecule has 1 rings (SSSR count). The van der Waals surface area contributed by atoms with E-state index in [4.69, 9.17) is 16.3 Å². The van der Waals surface area contributed by atoms with E-state index in [-0.39, 0.29) is 0 Å². The van der Waals surface area contributed by atoms with Gasteiger partial charge in [-0.1, -0.05) is 31.5 Å². The first-order valence-electron chi connectivity index (χ1n) is 5.78. The van der Waals surface area contributed by atoms with Crippen molar-refractivity contribution in [2.75, 3.05) is 20.3 Å². The molecule has 2 nitrogen and oxygen atoms in total. The molecule has 0 aliphatic heterocycles. The van der Waals surface area contributed by atoms with Gasteiger partial charge < -0.3 is 10.1 Å². The molecule has 0 bridgehead atoms. The van der Waals surface area contributed by atoms with E-state index in [0.717, 1.165) is 24.7 Å². The number of hydrogen-bond donors (Lipinski definition) is 1. The van der Waals surface area contributed by atoms with Crippen LogP contribution in [0, 0.1) is 0 Å². The largest absolute Gasteiger partial charge is 0.383 e. The molecule has 0 unspecified atom stereocenters. The molecule has 0 aliphatic carbocycles. The van der Waals surface area contributed by atoms with Crippen LogP contribution in [-0.2, 0) is 11.3 Å². The number of benzene rings is 1. The zero-order valence-electron chi connectivity index (χ0n) is 10.6. The lowest BCUT2D eigenvalue weighted by molar-refractivity contribution is 0.199. The third-order valence-electron chi connectivity index (χ3n) is 2.19. The predicted octanol–water partition coefficient (Wildman–Crippen LogP) is 3.58. The second kappa shape index (κ2) is 7.98. The first-order chi connectivity index (χ1) is 8.13. The maximum Gasteiger partial charge on any atom is 0.0587 e. The van der Waals surface area contributed by atoms with Crippen LogP contribution >= 0.6 is 23.4 Å². The normalized spacial score (nSPS) is 11.1. The number of methoxy groups -OCH3 is 1. The Morgan fingerprint density at radius 3 is 2.82 bits per heavy atom. The van der Waals surface area contributed by atoms with Crippen LogP contribution in [0.5, 0.6) is 0 Å². The van der Waals surface area contributed by atoms with Gasteiger partial charge in [0, 0.05) is 35.4 Å². The average Bonchev–Trinajstić information content (AvgIpc) is 2.26. The fourth-order valence-electron chi connectivity index (χ4n) is 1.44. The van der Waals surface area contributed by atoms with Crippen LogP contribution in [0.15, 0.2) is 23.1 Å². The third kappa shape index (κ3) is 5.77. The first-order valence-corrected chi connectivity index (χ1v) is 7.04. The summed E-state index contributed by atoms with van der Waals surface area (Å²) in [5.41, 5.74) is 1.30. The lowest BCUT2D eigenvalue weighted by Gasteiger charge is -2.12. The van der Waals surface area contributed by atoms with Crippen molar-refractivity contribution in [1.29, 1.82) is 0 Å². The molecule has 0 fully saturated rings. The SMILES string of the molecule is COCCNCc1ccc(Cl)cc1SC(C)C. The van der Waals surface area contributed by atoms with Crippen molar-refractivity contribution >= 4 is 23.4 Å². The van der Waals surface area contributed by atoms with E-state index in [9.17, 15) is 0 Å². The minimum atomic E-state index is 0.561. The maximum atomic E-state index is 6.03. The van der Waals surface area contributed by atoms with Crippen molar-refractivity contribution in [3.63, 3.8) is 0 Å². The van der Waals surface area contributed by atoms with Crippen molar-refractivity contribution in [1.82, 2.24) is 5.32 Å². The third-order valence-corrected chi connectivity index (χ3v) is 3.53. The summed E-state index contributed by atoms with van der Waals surface area (Å²) in [6.07, 6.45) is 0. The highest BCUT2D eigenvalue weighted by molar-refractivity contribution is 8.00. The molecule has 0 spiro atoms. The number of halogens is 1. The monoisotopic (exact) mass is 273 g/mol. The van der Waals surface area contributed by atoms with Gasteiger partial charge in [0.15, 0.2) is 0 Å². The molecule has 1 aromatic carbocycles. The molecule has 96 valence electrons. The fourth-order valence-corrected chi connectivity index (χ4v) is 2.67. The molecule has 17 heavy (non-hydrogen) atoms. The molecular weight excluding hydrogens is 254 g/mol. The smallest absolute Gasteiger partial charge is 0.0587 e. The van der Waals surface area contributed by atoms with Crippen molar-refractivity contribution in [2.45, 2.75) is 30.5 Å². The Bertz CT molecular complexity index is 344. The van der Waals surface area contributed by atoms with E-state index in [1.165, 1.54) is 10.5 Å². The minimum absolute atomic E-state index is 0.561. The lowest BCUT2D eigenvalue weighted by atomic mass is 10.2. The lowest BCUT2D eigenvalue weighted by Crippen LogP contribution is -2.19. The molecule has 1 N–H and O–H groups in total. The summed E-state index contributed by atoms with van der Waals surface area (Å²) in [4.78, 5) is 1.26. The van der Waals surface area contributed by atoms with Crippen LogP contribution in [0.3, 0.4) is 0 Å². The highest BCUT2D eigenvalue weighted by atomic mass is 35.5. The van der Waals surface area contributed by atoms with Gasteiger partial charge in [0.05, 0.1) is 6.61 Å². The van der Waals surface area contributed by atoms with Gasteiger partial charge in [-0.2, -0.15) is 0 Å². The van der Waals surface area contributed by atoms with Crippen LogP contribution in [0.4, 0.5) is 0 Å². The summed E-state index contributed by atoms with van der Waals surface area (Å²) in [5, 5.41) is 4.72. The Hall–Kier alpha value is -0.220. The van der Waals surface area contributed by atoms with E-state index < -0.39 is 0 Å². The summed E-state index contributed by atoms with van der Waals surface area (Å²) in [7, 11) is 1.71. The highest BCUT2D eigenvalue weighted by Crippen LogP contribution is 2.29. The maximum absolute atomic E-state index is 6.03. The molecule has 0 radical (unpaired) electrons. The Labute approximate surface area is 113 Å². The van der Waals surface area contributed by atoms with Crippen molar-refractivity contribution in [3.8, 4) is 0 Å². The summed E-state index contributed by atoms with van der Waals surface area (Å²) in [6, 6.07) is 6.08. The second-order valence-corrected chi connectivity index (χ2v) is 6.14. The van der Waals surface area contributed by atoms with Gasteiger partial charge in [-0.15, -0.1) is 11.8 Å². The van der Waals surface area contributed by atoms with Crippen molar-refractivity contribution < 1.29 is 4.74 Å². The number of hydrogen-bond acceptors (Lipinski definition) is 3. The van der Waals surface area contributed by atoms with Gasteiger partial charge in [-0.25, -0.2) is 0 Å². The molecule has 0 saturated heterocycles. The molecule has 0 saturated carbocycles. The zero-order valence-corrected chi connectivity index (χ0v) is 12.2. The Morgan fingerprint density at radius 2 is 2.18 bits per heavy atom. The summed E-state index contributed by atoms with van der Waals surface area (Å²) in [6.45, 7) is 6.84. The quantitative estimate of drug-likeness (QED) is 0.606. The summed E-state index contributed by atoms with van der Waals surface area (Å²) in [5.74, 6) is 0. The van der Waals surface area contributed by atoms with Crippen LogP contribution in [0.25, 0.3) is 0 Å². The molecule has 0 heterocycles. The van der Waals surface area contributed by atoms with Crippen LogP contribution in [-0.4, -0.2) is 25.5 Å². The Kier molecular flexibility index (Phi) is 6.97. The van der Waals surface area contributed by atoms with Crippen molar-refractivity contribution in [3.05, 3.63) is 28.8 Å². The van der Waals surface area contributed by atoms with Gasteiger partial charge in [0.1, 0.15) is 0 Å². The number of ether oxygens (including phenoxy) is 1. The molecule has 4 heteroatoms. The molecular formula is C13H20ClNOS. The molecule has 0 amide bonds. The molecule has 0 aliphatic rings. The molecule has 0 aromatic heterocycles. The average molecular weight is 274 g/mol. The summed E-state index contributed by atoms with van der Waals surface area (Å²) < 4.78 is 5.00. The predicted molar refractivity (Wildman–Crippen MR) is 76.0 cm³/mol. The fraction of sp³-hybridized carbons (Fsp3) is 0.538. The molecule has 1 aromatic rings. The number of thioether (sulfide) groups is 1. The van der Waals surface area contributed by atoms with E-state index in [1.54, 1.807) is 7.11 Å². The van der Waals surface area contributed by atoms with Gasteiger partial charge in [-0.05, 0) is 17.7 Å². The standard InChI is InChI=1S/C13H20ClNOS/c1-10(2)17-13-8-12(14)5-4-11(13)9-15-6-7-16-3/h4-5,8,10,15H,6-7,9H2,1-3H3. The van der Waals surface area contributed by atoms with Gasteiger partial charge >= 0.3 is 0 Å². The topological polar surface area (TPSA) is 21.3 Å². The first kappa shape index (κ1) is 14.8. The van der Waals surface area contributed by atoms with Crippen LogP contribution < -0.4 is 5.32 Å². The van der Waals surface area contributed by atoms with Crippen molar-refractivity contribution in [2.24, 2.45) is 0 Å². The van der Waals surface area contributed by atoms with E-state index in [0.29, 0.717) is 5.25 Å². The minimum Gasteiger partial charge on any atom is -0.383 e. The van der Waals surface area contributed by atoms with E-state index >= 15 is 0 Å². The van der Waals surface area contributed by atoms with Crippen LogP contribution in [0.2, 0.25) is 5.02 Å².